The van der Waals surface area contributed by atoms with Crippen LogP contribution in [0, 0.1) is 0 Å². The fourth-order valence-corrected chi connectivity index (χ4v) is 2.12. The third kappa shape index (κ3) is 2.61. The molecule has 0 aliphatic carbocycles. The number of hydrogen-bond acceptors (Lipinski definition) is 4. The maximum atomic E-state index is 12.3. The molecule has 0 aromatic carbocycles. The van der Waals surface area contributed by atoms with Gasteiger partial charge in [0.2, 0.25) is 0 Å². The Hall–Kier alpha value is -1.62. The van der Waals surface area contributed by atoms with Crippen LogP contribution in [0.2, 0.25) is 0 Å². The van der Waals surface area contributed by atoms with Gasteiger partial charge in [0, 0.05) is 39.9 Å². The van der Waals surface area contributed by atoms with E-state index in [0.717, 1.165) is 25.3 Å². The third-order valence-electron chi connectivity index (χ3n) is 3.36. The maximum Gasteiger partial charge on any atom is 0.255 e. The molecule has 1 aliphatic rings. The summed E-state index contributed by atoms with van der Waals surface area (Å²) in [6.07, 6.45) is 2.67. The molecule has 1 saturated heterocycles. The molecule has 5 heteroatoms. The van der Waals surface area contributed by atoms with E-state index in [1.165, 1.54) is 0 Å². The number of carbonyl (C=O) groups excluding carboxylic acids is 1. The molecule has 18 heavy (non-hydrogen) atoms. The van der Waals surface area contributed by atoms with E-state index in [2.05, 4.69) is 10.3 Å². The molecule has 1 aromatic rings. The van der Waals surface area contributed by atoms with Crippen molar-refractivity contribution in [3.8, 4) is 0 Å². The smallest absolute Gasteiger partial charge is 0.255 e. The van der Waals surface area contributed by atoms with Crippen LogP contribution in [-0.2, 0) is 0 Å². The van der Waals surface area contributed by atoms with Crippen LogP contribution in [-0.4, -0.2) is 56.1 Å². The molecule has 1 unspecified atom stereocenters. The number of nitrogens with one attached hydrogen (secondary N) is 1. The number of pyridine rings is 1. The molecule has 98 valence electrons. The number of hydrogen-bond donors (Lipinski definition) is 1. The molecule has 2 rings (SSSR count). The first-order valence-electron chi connectivity index (χ1n) is 6.21. The van der Waals surface area contributed by atoms with Gasteiger partial charge in [-0.05, 0) is 25.1 Å². The van der Waals surface area contributed by atoms with Gasteiger partial charge in [-0.15, -0.1) is 0 Å². The summed E-state index contributed by atoms with van der Waals surface area (Å²) in [5, 5.41) is 3.27. The average molecular weight is 248 g/mol. The quantitative estimate of drug-likeness (QED) is 0.850. The van der Waals surface area contributed by atoms with Gasteiger partial charge in [-0.25, -0.2) is 4.98 Å². The Morgan fingerprint density at radius 2 is 2.17 bits per heavy atom. The fourth-order valence-electron chi connectivity index (χ4n) is 2.12. The number of aromatic nitrogens is 1. The Bertz CT molecular complexity index is 410. The summed E-state index contributed by atoms with van der Waals surface area (Å²) in [6, 6.07) is 4.00. The second-order valence-corrected chi connectivity index (χ2v) is 4.86. The minimum absolute atomic E-state index is 0.0431. The van der Waals surface area contributed by atoms with E-state index >= 15 is 0 Å². The van der Waals surface area contributed by atoms with Gasteiger partial charge in [0.05, 0.1) is 5.56 Å². The lowest BCUT2D eigenvalue weighted by Crippen LogP contribution is -2.38. The lowest BCUT2D eigenvalue weighted by atomic mass is 10.2. The van der Waals surface area contributed by atoms with E-state index in [9.17, 15) is 4.79 Å². The largest absolute Gasteiger partial charge is 0.363 e. The Morgan fingerprint density at radius 3 is 2.67 bits per heavy atom. The van der Waals surface area contributed by atoms with Crippen LogP contribution in [0.5, 0.6) is 0 Å². The van der Waals surface area contributed by atoms with Crippen LogP contribution in [0.3, 0.4) is 0 Å². The van der Waals surface area contributed by atoms with Crippen LogP contribution >= 0.6 is 0 Å². The Labute approximate surface area is 108 Å². The SMILES string of the molecule is CN(C)c1ccc(C(=O)N(C)C2CCNC2)cn1. The molecule has 0 spiro atoms. The zero-order valence-electron chi connectivity index (χ0n) is 11.2. The summed E-state index contributed by atoms with van der Waals surface area (Å²) in [7, 11) is 5.72. The van der Waals surface area contributed by atoms with Gasteiger partial charge in [-0.2, -0.15) is 0 Å². The van der Waals surface area contributed by atoms with E-state index < -0.39 is 0 Å². The highest BCUT2D eigenvalue weighted by molar-refractivity contribution is 5.94. The molecule has 0 bridgehead atoms. The number of amides is 1. The second-order valence-electron chi connectivity index (χ2n) is 4.86. The van der Waals surface area contributed by atoms with Crippen molar-refractivity contribution < 1.29 is 4.79 Å². The Balaban J connectivity index is 2.08. The monoisotopic (exact) mass is 248 g/mol. The lowest BCUT2D eigenvalue weighted by Gasteiger charge is -2.23. The first-order valence-corrected chi connectivity index (χ1v) is 6.21. The summed E-state index contributed by atoms with van der Waals surface area (Å²) >= 11 is 0. The van der Waals surface area contributed by atoms with Gasteiger partial charge in [-0.1, -0.05) is 0 Å². The number of nitrogens with zero attached hydrogens (tertiary/aromatic N) is 3. The van der Waals surface area contributed by atoms with E-state index in [4.69, 9.17) is 0 Å². The highest BCUT2D eigenvalue weighted by atomic mass is 16.2. The predicted molar refractivity (Wildman–Crippen MR) is 71.9 cm³/mol. The fraction of sp³-hybridized carbons (Fsp3) is 0.538. The zero-order chi connectivity index (χ0) is 13.1. The minimum Gasteiger partial charge on any atom is -0.363 e. The van der Waals surface area contributed by atoms with Crippen molar-refractivity contribution in [2.24, 2.45) is 0 Å². The number of likely N-dealkylation sites (N-methyl/N-ethyl adjacent to an activating group) is 1. The molecule has 1 atom stereocenters. The number of rotatable bonds is 3. The number of anilines is 1. The van der Waals surface area contributed by atoms with E-state index in [0.29, 0.717) is 11.6 Å². The minimum atomic E-state index is 0.0431. The van der Waals surface area contributed by atoms with Crippen LogP contribution in [0.15, 0.2) is 18.3 Å². The summed E-state index contributed by atoms with van der Waals surface area (Å²) in [4.78, 5) is 20.3. The third-order valence-corrected chi connectivity index (χ3v) is 3.36. The molecular formula is C13H20N4O. The zero-order valence-corrected chi connectivity index (χ0v) is 11.2. The van der Waals surface area contributed by atoms with E-state index in [1.807, 2.05) is 43.1 Å². The highest BCUT2D eigenvalue weighted by Crippen LogP contribution is 2.13. The standard InChI is InChI=1S/C13H20N4O/c1-16(2)12-5-4-10(8-15-12)13(18)17(3)11-6-7-14-9-11/h4-5,8,11,14H,6-7,9H2,1-3H3. The van der Waals surface area contributed by atoms with Crippen LogP contribution < -0.4 is 10.2 Å². The predicted octanol–water partition coefficient (Wildman–Crippen LogP) is 0.581. The molecule has 2 heterocycles. The van der Waals surface area contributed by atoms with Gasteiger partial charge >= 0.3 is 0 Å². The summed E-state index contributed by atoms with van der Waals surface area (Å²) in [5.74, 6) is 0.901. The molecule has 1 fully saturated rings. The van der Waals surface area contributed by atoms with Crippen molar-refractivity contribution in [1.82, 2.24) is 15.2 Å². The van der Waals surface area contributed by atoms with Crippen LogP contribution in [0.1, 0.15) is 16.8 Å². The van der Waals surface area contributed by atoms with Crippen LogP contribution in [0.25, 0.3) is 0 Å². The van der Waals surface area contributed by atoms with Crippen molar-refractivity contribution in [2.45, 2.75) is 12.5 Å². The average Bonchev–Trinajstić information content (AvgIpc) is 2.91. The molecule has 1 amide bonds. The molecule has 0 radical (unpaired) electrons. The molecule has 1 aromatic heterocycles. The summed E-state index contributed by atoms with van der Waals surface area (Å²) in [5.41, 5.74) is 0.648. The van der Waals surface area contributed by atoms with Crippen molar-refractivity contribution in [2.75, 3.05) is 39.1 Å². The first-order chi connectivity index (χ1) is 8.59. The Kier molecular flexibility index (Phi) is 3.81. The molecule has 1 aliphatic heterocycles. The normalized spacial score (nSPS) is 18.7. The van der Waals surface area contributed by atoms with E-state index in [1.54, 1.807) is 6.20 Å². The van der Waals surface area contributed by atoms with Gasteiger partial charge in [0.1, 0.15) is 5.82 Å². The van der Waals surface area contributed by atoms with Gasteiger partial charge in [0.15, 0.2) is 0 Å². The van der Waals surface area contributed by atoms with E-state index in [-0.39, 0.29) is 5.91 Å². The number of carbonyl (C=O) groups is 1. The Morgan fingerprint density at radius 1 is 1.39 bits per heavy atom. The second kappa shape index (κ2) is 5.35. The summed E-state index contributed by atoms with van der Waals surface area (Å²) < 4.78 is 0. The van der Waals surface area contributed by atoms with Crippen molar-refractivity contribution >= 4 is 11.7 Å². The molecule has 1 N–H and O–H groups in total. The van der Waals surface area contributed by atoms with Crippen molar-refractivity contribution in [1.29, 1.82) is 0 Å². The maximum absolute atomic E-state index is 12.3. The van der Waals surface area contributed by atoms with Crippen LogP contribution in [0.4, 0.5) is 5.82 Å². The summed E-state index contributed by atoms with van der Waals surface area (Å²) in [6.45, 7) is 1.87. The van der Waals surface area contributed by atoms with Crippen molar-refractivity contribution in [3.05, 3.63) is 23.9 Å². The van der Waals surface area contributed by atoms with Gasteiger partial charge in [-0.3, -0.25) is 4.79 Å². The van der Waals surface area contributed by atoms with Gasteiger partial charge < -0.3 is 15.1 Å². The molecule has 0 saturated carbocycles. The topological polar surface area (TPSA) is 48.5 Å². The molecular weight excluding hydrogens is 228 g/mol. The van der Waals surface area contributed by atoms with Crippen molar-refractivity contribution in [3.63, 3.8) is 0 Å². The molecule has 5 nitrogen and oxygen atoms in total. The highest BCUT2D eigenvalue weighted by Gasteiger charge is 2.24. The lowest BCUT2D eigenvalue weighted by molar-refractivity contribution is 0.0743. The first kappa shape index (κ1) is 12.8. The van der Waals surface area contributed by atoms with Gasteiger partial charge in [0.25, 0.3) is 5.91 Å².